The van der Waals surface area contributed by atoms with Crippen LogP contribution < -0.4 is 4.90 Å². The lowest BCUT2D eigenvalue weighted by Crippen LogP contribution is -2.11. The van der Waals surface area contributed by atoms with Gasteiger partial charge in [0.15, 0.2) is 0 Å². The lowest BCUT2D eigenvalue weighted by Gasteiger charge is -2.27. The molecule has 3 nitrogen and oxygen atoms in total. The number of anilines is 3. The van der Waals surface area contributed by atoms with Crippen molar-refractivity contribution in [2.75, 3.05) is 4.90 Å². The number of hydrogen-bond acceptors (Lipinski definition) is 1. The first kappa shape index (κ1) is 33.9. The number of aromatic nitrogens is 2. The first-order chi connectivity index (χ1) is 28.7. The van der Waals surface area contributed by atoms with Crippen molar-refractivity contribution in [3.63, 3.8) is 0 Å². The van der Waals surface area contributed by atoms with Crippen molar-refractivity contribution in [1.29, 1.82) is 0 Å². The molecule has 0 amide bonds. The SMILES string of the molecule is CC1CC=Cc2c1n(-c1ccc(N(c3ccc(-c4ccc(-c5ccccc5)cc4)cc3)c3ccc(-n4c5ccccc5c5ccccc54)cc3)cc1)c1ccccc21. The van der Waals surface area contributed by atoms with E-state index in [1.54, 1.807) is 0 Å². The van der Waals surface area contributed by atoms with E-state index in [0.717, 1.165) is 29.2 Å². The fraction of sp³-hybridized carbons (Fsp3) is 0.0545. The van der Waals surface area contributed by atoms with Gasteiger partial charge in [0.2, 0.25) is 0 Å². The molecule has 1 aliphatic rings. The molecule has 10 aromatic rings. The molecule has 11 rings (SSSR count). The highest BCUT2D eigenvalue weighted by Gasteiger charge is 2.23. The largest absolute Gasteiger partial charge is 0.313 e. The average Bonchev–Trinajstić information content (AvgIpc) is 3.82. The Labute approximate surface area is 339 Å². The summed E-state index contributed by atoms with van der Waals surface area (Å²) in [4.78, 5) is 2.37. The van der Waals surface area contributed by atoms with Crippen LogP contribution in [-0.4, -0.2) is 9.13 Å². The number of benzene rings is 8. The molecule has 8 aromatic carbocycles. The third-order valence-electron chi connectivity index (χ3n) is 12.0. The predicted octanol–water partition coefficient (Wildman–Crippen LogP) is 15.1. The van der Waals surface area contributed by atoms with Crippen LogP contribution in [0.2, 0.25) is 0 Å². The van der Waals surface area contributed by atoms with E-state index in [0.29, 0.717) is 5.92 Å². The molecule has 1 aliphatic carbocycles. The van der Waals surface area contributed by atoms with Gasteiger partial charge >= 0.3 is 0 Å². The van der Waals surface area contributed by atoms with Gasteiger partial charge in [-0.25, -0.2) is 0 Å². The van der Waals surface area contributed by atoms with Crippen LogP contribution in [0.25, 0.3) is 72.4 Å². The molecule has 0 spiro atoms. The van der Waals surface area contributed by atoms with Crippen LogP contribution >= 0.6 is 0 Å². The summed E-state index contributed by atoms with van der Waals surface area (Å²) < 4.78 is 4.86. The highest BCUT2D eigenvalue weighted by molar-refractivity contribution is 6.09. The number of allylic oxidation sites excluding steroid dienone is 1. The maximum Gasteiger partial charge on any atom is 0.0541 e. The van der Waals surface area contributed by atoms with Crippen molar-refractivity contribution < 1.29 is 0 Å². The highest BCUT2D eigenvalue weighted by atomic mass is 15.1. The zero-order chi connectivity index (χ0) is 38.6. The van der Waals surface area contributed by atoms with E-state index in [-0.39, 0.29) is 0 Å². The Hall–Kier alpha value is -7.36. The van der Waals surface area contributed by atoms with E-state index in [9.17, 15) is 0 Å². The normalized spacial score (nSPS) is 13.6. The molecule has 58 heavy (non-hydrogen) atoms. The van der Waals surface area contributed by atoms with Gasteiger partial charge in [-0.1, -0.05) is 140 Å². The third kappa shape index (κ3) is 5.66. The van der Waals surface area contributed by atoms with Gasteiger partial charge in [0.25, 0.3) is 0 Å². The van der Waals surface area contributed by atoms with Gasteiger partial charge in [-0.3, -0.25) is 0 Å². The molecule has 0 saturated heterocycles. The van der Waals surface area contributed by atoms with E-state index in [1.165, 1.54) is 71.9 Å². The van der Waals surface area contributed by atoms with Crippen LogP contribution in [0.15, 0.2) is 206 Å². The number of fused-ring (bicyclic) bond motifs is 6. The molecule has 0 N–H and O–H groups in total. The molecule has 2 heterocycles. The zero-order valence-corrected chi connectivity index (χ0v) is 32.3. The molecule has 0 bridgehead atoms. The summed E-state index contributed by atoms with van der Waals surface area (Å²) in [6.07, 6.45) is 5.68. The first-order valence-corrected chi connectivity index (χ1v) is 20.2. The smallest absolute Gasteiger partial charge is 0.0541 e. The maximum absolute atomic E-state index is 2.48. The van der Waals surface area contributed by atoms with Gasteiger partial charge in [0, 0.05) is 61.8 Å². The quantitative estimate of drug-likeness (QED) is 0.158. The minimum Gasteiger partial charge on any atom is -0.313 e. The summed E-state index contributed by atoms with van der Waals surface area (Å²) in [5.41, 5.74) is 16.9. The van der Waals surface area contributed by atoms with Gasteiger partial charge < -0.3 is 14.0 Å². The van der Waals surface area contributed by atoms with Crippen LogP contribution in [0.5, 0.6) is 0 Å². The lowest BCUT2D eigenvalue weighted by molar-refractivity contribution is 0.723. The van der Waals surface area contributed by atoms with Crippen LogP contribution in [0.4, 0.5) is 17.1 Å². The Balaban J connectivity index is 0.997. The van der Waals surface area contributed by atoms with Gasteiger partial charge in [-0.05, 0) is 108 Å². The Morgan fingerprint density at radius 1 is 0.397 bits per heavy atom. The van der Waals surface area contributed by atoms with Crippen molar-refractivity contribution in [3.8, 4) is 33.6 Å². The van der Waals surface area contributed by atoms with Crippen LogP contribution in [-0.2, 0) is 0 Å². The number of hydrogen-bond donors (Lipinski definition) is 0. The molecule has 276 valence electrons. The summed E-state index contributed by atoms with van der Waals surface area (Å²) >= 11 is 0. The third-order valence-corrected chi connectivity index (χ3v) is 12.0. The monoisotopic (exact) mass is 743 g/mol. The number of para-hydroxylation sites is 3. The van der Waals surface area contributed by atoms with Crippen LogP contribution in [0, 0.1) is 0 Å². The van der Waals surface area contributed by atoms with Crippen molar-refractivity contribution in [2.24, 2.45) is 0 Å². The molecule has 0 saturated carbocycles. The summed E-state index contributed by atoms with van der Waals surface area (Å²) in [6.45, 7) is 2.35. The van der Waals surface area contributed by atoms with Crippen molar-refractivity contribution in [1.82, 2.24) is 9.13 Å². The summed E-state index contributed by atoms with van der Waals surface area (Å²) in [5.74, 6) is 0.435. The van der Waals surface area contributed by atoms with E-state index >= 15 is 0 Å². The van der Waals surface area contributed by atoms with E-state index in [2.05, 4.69) is 233 Å². The second kappa shape index (κ2) is 14.0. The summed E-state index contributed by atoms with van der Waals surface area (Å²) in [7, 11) is 0. The molecule has 3 heteroatoms. The van der Waals surface area contributed by atoms with E-state index in [1.807, 2.05) is 0 Å². The van der Waals surface area contributed by atoms with E-state index < -0.39 is 0 Å². The minimum absolute atomic E-state index is 0.435. The van der Waals surface area contributed by atoms with Crippen LogP contribution in [0.3, 0.4) is 0 Å². The summed E-state index contributed by atoms with van der Waals surface area (Å²) in [6, 6.07) is 72.8. The molecule has 0 fully saturated rings. The number of rotatable bonds is 7. The molecular weight excluding hydrogens is 703 g/mol. The molecular formula is C55H41N3. The Morgan fingerprint density at radius 2 is 0.793 bits per heavy atom. The number of nitrogens with zero attached hydrogens (tertiary/aromatic N) is 3. The second-order valence-corrected chi connectivity index (χ2v) is 15.4. The predicted molar refractivity (Wildman–Crippen MR) is 245 cm³/mol. The van der Waals surface area contributed by atoms with E-state index in [4.69, 9.17) is 0 Å². The standard InChI is InChI=1S/C55H41N3/c1-38-12-11-18-51-50-17-7-10-21-54(50)58(55(38)51)47-36-32-45(33-37-47)56(43-28-26-42(27-29-43)41-24-22-40(23-25-41)39-13-3-2-4-14-39)44-30-34-46(35-31-44)57-52-19-8-5-15-48(52)49-16-6-9-20-53(49)57/h2-11,13-38H,12H2,1H3. The topological polar surface area (TPSA) is 13.1 Å². The minimum atomic E-state index is 0.435. The Kier molecular flexibility index (Phi) is 8.18. The maximum atomic E-state index is 2.48. The van der Waals surface area contributed by atoms with Gasteiger partial charge in [-0.15, -0.1) is 0 Å². The lowest BCUT2D eigenvalue weighted by atomic mass is 9.93. The van der Waals surface area contributed by atoms with Crippen LogP contribution in [0.1, 0.15) is 30.5 Å². The molecule has 1 unspecified atom stereocenters. The van der Waals surface area contributed by atoms with Gasteiger partial charge in [-0.2, -0.15) is 0 Å². The van der Waals surface area contributed by atoms with Crippen molar-refractivity contribution in [3.05, 3.63) is 218 Å². The fourth-order valence-electron chi connectivity index (χ4n) is 9.16. The second-order valence-electron chi connectivity index (χ2n) is 15.4. The van der Waals surface area contributed by atoms with Crippen molar-refractivity contribution in [2.45, 2.75) is 19.3 Å². The zero-order valence-electron chi connectivity index (χ0n) is 32.3. The highest BCUT2D eigenvalue weighted by Crippen LogP contribution is 2.42. The Morgan fingerprint density at radius 3 is 1.33 bits per heavy atom. The molecule has 0 aliphatic heterocycles. The Bertz CT molecular complexity index is 3060. The average molecular weight is 744 g/mol. The molecule has 0 radical (unpaired) electrons. The fourth-order valence-corrected chi connectivity index (χ4v) is 9.16. The van der Waals surface area contributed by atoms with Crippen molar-refractivity contribution >= 4 is 55.8 Å². The van der Waals surface area contributed by atoms with Gasteiger partial charge in [0.05, 0.1) is 16.6 Å². The molecule has 1 atom stereocenters. The molecule has 2 aromatic heterocycles. The first-order valence-electron chi connectivity index (χ1n) is 20.2. The summed E-state index contributed by atoms with van der Waals surface area (Å²) in [5, 5.41) is 3.84. The van der Waals surface area contributed by atoms with Gasteiger partial charge in [0.1, 0.15) is 0 Å².